The van der Waals surface area contributed by atoms with Crippen molar-refractivity contribution in [2.75, 3.05) is 11.4 Å². The normalized spacial score (nSPS) is 18.6. The molecular weight excluding hydrogens is 405 g/mol. The second-order valence-electron chi connectivity index (χ2n) is 6.42. The van der Waals surface area contributed by atoms with Gasteiger partial charge < -0.3 is 25.8 Å². The van der Waals surface area contributed by atoms with Crippen LogP contribution >= 0.6 is 11.6 Å². The minimum atomic E-state index is -2.34. The number of hydrogen-bond donors (Lipinski definition) is 3. The summed E-state index contributed by atoms with van der Waals surface area (Å²) in [6.07, 6.45) is -1.20. The fourth-order valence-electron chi connectivity index (χ4n) is 2.91. The molecule has 0 aliphatic carbocycles. The van der Waals surface area contributed by atoms with Gasteiger partial charge >= 0.3 is 6.09 Å². The molecule has 0 aromatic heterocycles. The van der Waals surface area contributed by atoms with Gasteiger partial charge in [-0.2, -0.15) is 0 Å². The Balaban J connectivity index is 1.62. The van der Waals surface area contributed by atoms with E-state index in [-0.39, 0.29) is 30.1 Å². The lowest BCUT2D eigenvalue weighted by Gasteiger charge is -2.22. The number of benzene rings is 2. The second-order valence-corrected chi connectivity index (χ2v) is 6.86. The molecule has 1 heterocycles. The number of nitrogens with one attached hydrogen (secondary N) is 1. The predicted octanol–water partition coefficient (Wildman–Crippen LogP) is 1.93. The fourth-order valence-corrected chi connectivity index (χ4v) is 3.15. The molecule has 1 fully saturated rings. The molecule has 0 saturated carbocycles. The summed E-state index contributed by atoms with van der Waals surface area (Å²) in [6.45, 7) is -0.0170. The van der Waals surface area contributed by atoms with Gasteiger partial charge in [0.2, 0.25) is 5.91 Å². The number of rotatable bonds is 5. The smallest absolute Gasteiger partial charge is 0.407 e. The molecule has 0 bridgehead atoms. The molecule has 152 valence electrons. The van der Waals surface area contributed by atoms with E-state index in [0.29, 0.717) is 11.3 Å². The van der Waals surface area contributed by atoms with Crippen molar-refractivity contribution in [3.8, 4) is 0 Å². The van der Waals surface area contributed by atoms with Crippen molar-refractivity contribution in [3.63, 3.8) is 0 Å². The van der Waals surface area contributed by atoms with Gasteiger partial charge in [0.1, 0.15) is 5.82 Å². The highest BCUT2D eigenvalue weighted by atomic mass is 35.5. The number of nitrogens with two attached hydrogens (primary N) is 1. The van der Waals surface area contributed by atoms with Gasteiger partial charge in [0.15, 0.2) is 0 Å². The van der Waals surface area contributed by atoms with E-state index in [0.717, 1.165) is 6.07 Å². The van der Waals surface area contributed by atoms with Crippen LogP contribution in [0.25, 0.3) is 0 Å². The Hall–Kier alpha value is -3.17. The van der Waals surface area contributed by atoms with E-state index in [4.69, 9.17) is 22.1 Å². The largest absolute Gasteiger partial charge is 0.410 e. The Bertz CT molecular complexity index is 949. The van der Waals surface area contributed by atoms with Crippen molar-refractivity contribution in [2.45, 2.75) is 18.8 Å². The maximum absolute atomic E-state index is 13.3. The van der Waals surface area contributed by atoms with E-state index in [1.54, 1.807) is 0 Å². The number of nitrogens with zero attached hydrogens (tertiary/aromatic N) is 1. The number of amides is 3. The highest BCUT2D eigenvalue weighted by Crippen LogP contribution is 2.29. The van der Waals surface area contributed by atoms with E-state index in [2.05, 4.69) is 5.32 Å². The molecule has 2 aromatic rings. The zero-order chi connectivity index (χ0) is 21.2. The SMILES string of the molecule is NC(=O)c1ccc(N2CC[C@](O)(OC(=O)NCc3cc(F)cc(Cl)c3)C2=O)cc1. The summed E-state index contributed by atoms with van der Waals surface area (Å²) < 4.78 is 18.2. The van der Waals surface area contributed by atoms with E-state index in [1.807, 2.05) is 0 Å². The molecule has 2 aromatic carbocycles. The van der Waals surface area contributed by atoms with Crippen LogP contribution in [0.1, 0.15) is 22.3 Å². The van der Waals surface area contributed by atoms with Gasteiger partial charge in [-0.15, -0.1) is 0 Å². The molecule has 1 aliphatic heterocycles. The molecule has 8 nitrogen and oxygen atoms in total. The van der Waals surface area contributed by atoms with Crippen LogP contribution < -0.4 is 16.0 Å². The summed E-state index contributed by atoms with van der Waals surface area (Å²) in [5, 5.41) is 13.0. The number of hydrogen-bond acceptors (Lipinski definition) is 5. The van der Waals surface area contributed by atoms with E-state index in [9.17, 15) is 23.9 Å². The van der Waals surface area contributed by atoms with Crippen LogP contribution in [-0.2, 0) is 16.1 Å². The standard InChI is InChI=1S/C19H17ClFN3O5/c20-13-7-11(8-14(21)9-13)10-23-18(27)29-19(28)5-6-24(17(19)26)15-3-1-12(2-4-15)16(22)25/h1-4,7-9,28H,5-6,10H2,(H2,22,25)(H,23,27)/t19-/m0/s1. The highest BCUT2D eigenvalue weighted by molar-refractivity contribution is 6.30. The molecule has 1 saturated heterocycles. The van der Waals surface area contributed by atoms with E-state index >= 15 is 0 Å². The molecular formula is C19H17ClFN3O5. The van der Waals surface area contributed by atoms with Gasteiger partial charge in [-0.05, 0) is 48.0 Å². The third kappa shape index (κ3) is 4.64. The van der Waals surface area contributed by atoms with E-state index in [1.165, 1.54) is 41.3 Å². The summed E-state index contributed by atoms with van der Waals surface area (Å²) >= 11 is 5.75. The summed E-state index contributed by atoms with van der Waals surface area (Å²) in [7, 11) is 0. The molecule has 1 aliphatic rings. The van der Waals surface area contributed by atoms with Gasteiger partial charge in [0.05, 0.1) is 0 Å². The van der Waals surface area contributed by atoms with Gasteiger partial charge in [-0.3, -0.25) is 9.59 Å². The Morgan fingerprint density at radius 1 is 1.28 bits per heavy atom. The average molecular weight is 422 g/mol. The lowest BCUT2D eigenvalue weighted by Crippen LogP contribution is -2.46. The molecule has 0 radical (unpaired) electrons. The molecule has 4 N–H and O–H groups in total. The Kier molecular flexibility index (Phi) is 5.71. The molecule has 0 unspecified atom stereocenters. The zero-order valence-corrected chi connectivity index (χ0v) is 15.8. The number of halogens is 2. The first kappa shape index (κ1) is 20.6. The van der Waals surface area contributed by atoms with Crippen molar-refractivity contribution in [3.05, 3.63) is 64.4 Å². The minimum absolute atomic E-state index is 0.0953. The first-order valence-corrected chi connectivity index (χ1v) is 8.92. The minimum Gasteiger partial charge on any atom is -0.407 e. The lowest BCUT2D eigenvalue weighted by atomic mass is 10.2. The number of anilines is 1. The maximum atomic E-state index is 13.3. The van der Waals surface area contributed by atoms with Crippen LogP contribution in [0.15, 0.2) is 42.5 Å². The molecule has 29 heavy (non-hydrogen) atoms. The number of aliphatic hydroxyl groups is 1. The van der Waals surface area contributed by atoms with Crippen molar-refractivity contribution >= 4 is 35.2 Å². The van der Waals surface area contributed by atoms with Crippen LogP contribution in [0.5, 0.6) is 0 Å². The van der Waals surface area contributed by atoms with Crippen LogP contribution in [0.3, 0.4) is 0 Å². The number of carbonyl (C=O) groups is 3. The topological polar surface area (TPSA) is 122 Å². The number of alkyl carbamates (subject to hydrolysis) is 1. The Morgan fingerprint density at radius 2 is 1.97 bits per heavy atom. The van der Waals surface area contributed by atoms with Crippen molar-refractivity contribution < 1.29 is 28.6 Å². The predicted molar refractivity (Wildman–Crippen MR) is 102 cm³/mol. The van der Waals surface area contributed by atoms with Crippen molar-refractivity contribution in [1.82, 2.24) is 5.32 Å². The van der Waals surface area contributed by atoms with Crippen molar-refractivity contribution in [1.29, 1.82) is 0 Å². The highest BCUT2D eigenvalue weighted by Gasteiger charge is 2.49. The first-order valence-electron chi connectivity index (χ1n) is 8.54. The van der Waals surface area contributed by atoms with Crippen LogP contribution in [0, 0.1) is 5.82 Å². The monoisotopic (exact) mass is 421 g/mol. The molecule has 1 atom stereocenters. The third-order valence-corrected chi connectivity index (χ3v) is 4.56. The maximum Gasteiger partial charge on any atom is 0.410 e. The second kappa shape index (κ2) is 8.06. The Morgan fingerprint density at radius 3 is 2.59 bits per heavy atom. The Labute approximate surface area is 170 Å². The summed E-state index contributed by atoms with van der Waals surface area (Å²) in [5.41, 5.74) is 6.24. The van der Waals surface area contributed by atoms with Gasteiger partial charge in [0.25, 0.3) is 11.7 Å². The van der Waals surface area contributed by atoms with Crippen LogP contribution in [0.2, 0.25) is 5.02 Å². The number of carbonyl (C=O) groups excluding carboxylic acids is 3. The number of primary amides is 1. The fraction of sp³-hybridized carbons (Fsp3) is 0.211. The van der Waals surface area contributed by atoms with Crippen LogP contribution in [0.4, 0.5) is 14.9 Å². The third-order valence-electron chi connectivity index (χ3n) is 4.34. The summed E-state index contributed by atoms with van der Waals surface area (Å²) in [6, 6.07) is 9.64. The van der Waals surface area contributed by atoms with Crippen LogP contribution in [-0.4, -0.2) is 35.3 Å². The summed E-state index contributed by atoms with van der Waals surface area (Å²) in [4.78, 5) is 36.9. The lowest BCUT2D eigenvalue weighted by molar-refractivity contribution is -0.175. The quantitative estimate of drug-likeness (QED) is 0.637. The zero-order valence-electron chi connectivity index (χ0n) is 15.0. The summed E-state index contributed by atoms with van der Waals surface area (Å²) in [5.74, 6) is -4.34. The number of ether oxygens (including phenoxy) is 1. The first-order chi connectivity index (χ1) is 13.7. The molecule has 3 rings (SSSR count). The van der Waals surface area contributed by atoms with Gasteiger partial charge in [-0.1, -0.05) is 11.6 Å². The molecule has 3 amide bonds. The van der Waals surface area contributed by atoms with Gasteiger partial charge in [0, 0.05) is 35.8 Å². The van der Waals surface area contributed by atoms with E-state index < -0.39 is 29.5 Å². The van der Waals surface area contributed by atoms with Gasteiger partial charge in [-0.25, -0.2) is 9.18 Å². The molecule has 0 spiro atoms. The molecule has 10 heteroatoms. The van der Waals surface area contributed by atoms with Crippen molar-refractivity contribution in [2.24, 2.45) is 5.73 Å². The average Bonchev–Trinajstić information content (AvgIpc) is 2.94.